The van der Waals surface area contributed by atoms with Crippen LogP contribution in [0.5, 0.6) is 0 Å². The monoisotopic (exact) mass is 354 g/mol. The van der Waals surface area contributed by atoms with Crippen LogP contribution in [0.3, 0.4) is 0 Å². The molecule has 0 N–H and O–H groups in total. The molecule has 2 aromatic heterocycles. The zero-order chi connectivity index (χ0) is 27.0. The fraction of sp³-hybridized carbons (Fsp3) is 0.292. The van der Waals surface area contributed by atoms with E-state index in [4.69, 9.17) is 18.1 Å². The van der Waals surface area contributed by atoms with E-state index in [1.165, 1.54) is 19.2 Å². The first-order chi connectivity index (χ1) is 16.4. The van der Waals surface area contributed by atoms with Gasteiger partial charge in [-0.05, 0) is 49.3 Å². The van der Waals surface area contributed by atoms with Gasteiger partial charge in [-0.3, -0.25) is 0 Å². The van der Waals surface area contributed by atoms with Gasteiger partial charge < -0.3 is 4.42 Å². The molecule has 2 heterocycles. The fourth-order valence-electron chi connectivity index (χ4n) is 3.55. The van der Waals surface area contributed by atoms with Gasteiger partial charge in [0.05, 0.1) is 5.56 Å². The second-order valence-corrected chi connectivity index (χ2v) is 6.64. The van der Waals surface area contributed by atoms with E-state index in [1.807, 2.05) is 0 Å². The molecule has 4 aromatic rings. The van der Waals surface area contributed by atoms with Gasteiger partial charge >= 0.3 is 0 Å². The topological polar surface area (TPSA) is 17.0 Å². The standard InChI is InChI=1S/C24H26NO/c1-14(2)19-12-20(25(6)13-17(19)5)23-16(4)11-15(3)22-18-9-7-8-10-21(18)26-24(22)23/h7-14H,1-6H3/q+1/i1D3,3D3,5D3,14D. The largest absolute Gasteiger partial charge is 0.455 e. The first-order valence-corrected chi connectivity index (χ1v) is 8.36. The average molecular weight is 355 g/mol. The van der Waals surface area contributed by atoms with Crippen LogP contribution < -0.4 is 4.57 Å². The third-order valence-corrected chi connectivity index (χ3v) is 4.78. The van der Waals surface area contributed by atoms with E-state index < -0.39 is 26.4 Å². The van der Waals surface area contributed by atoms with Gasteiger partial charge in [0.2, 0.25) is 5.69 Å². The lowest BCUT2D eigenvalue weighted by molar-refractivity contribution is -0.660. The Balaban J connectivity index is 2.18. The summed E-state index contributed by atoms with van der Waals surface area (Å²) >= 11 is 0. The van der Waals surface area contributed by atoms with Crippen molar-refractivity contribution in [2.24, 2.45) is 7.05 Å². The summed E-state index contributed by atoms with van der Waals surface area (Å²) in [6, 6.07) is 10.0. The lowest BCUT2D eigenvalue weighted by Gasteiger charge is -2.13. The van der Waals surface area contributed by atoms with E-state index in [0.717, 1.165) is 0 Å². The summed E-state index contributed by atoms with van der Waals surface area (Å²) in [7, 11) is 1.62. The summed E-state index contributed by atoms with van der Waals surface area (Å²) < 4.78 is 88.4. The van der Waals surface area contributed by atoms with Gasteiger partial charge in [-0.2, -0.15) is 0 Å². The van der Waals surface area contributed by atoms with Gasteiger partial charge in [-0.1, -0.05) is 38.0 Å². The molecule has 0 aliphatic heterocycles. The molecule has 4 rings (SSSR count). The second kappa shape index (κ2) is 5.98. The van der Waals surface area contributed by atoms with Crippen LogP contribution in [-0.4, -0.2) is 0 Å². The Morgan fingerprint density at radius 2 is 1.92 bits per heavy atom. The van der Waals surface area contributed by atoms with Crippen LogP contribution in [-0.2, 0) is 7.05 Å². The van der Waals surface area contributed by atoms with Gasteiger partial charge in [0, 0.05) is 36.1 Å². The van der Waals surface area contributed by atoms with Gasteiger partial charge in [-0.15, -0.1) is 0 Å². The van der Waals surface area contributed by atoms with E-state index in [1.54, 1.807) is 48.9 Å². The zero-order valence-corrected chi connectivity index (χ0v) is 14.9. The highest BCUT2D eigenvalue weighted by Crippen LogP contribution is 2.39. The molecular formula is C24H26NO+. The number of aromatic nitrogens is 1. The SMILES string of the molecule is [2H]C([2H])([2H])c1c[n+](C)c(-c2c(C)cc(C([2H])([2H])[2H])c3c2oc2ccccc23)cc1C([2H])(C)C([2H])([2H])[2H]. The predicted octanol–water partition coefficient (Wildman–Crippen LogP) is 6.13. The maximum Gasteiger partial charge on any atom is 0.216 e. The number of nitrogens with zero attached hydrogens (tertiary/aromatic N) is 1. The Kier molecular flexibility index (Phi) is 2.04. The Bertz CT molecular complexity index is 1490. The maximum absolute atomic E-state index is 8.67. The van der Waals surface area contributed by atoms with Crippen LogP contribution in [0.15, 0.2) is 47.0 Å². The normalized spacial score (nSPS) is 21.2. The molecule has 1 unspecified atom stereocenters. The molecule has 132 valence electrons. The Labute approximate surface area is 169 Å². The van der Waals surface area contributed by atoms with E-state index >= 15 is 0 Å². The lowest BCUT2D eigenvalue weighted by atomic mass is 9.93. The van der Waals surface area contributed by atoms with Crippen molar-refractivity contribution in [3.8, 4) is 11.3 Å². The van der Waals surface area contributed by atoms with Gasteiger partial charge in [0.25, 0.3) is 0 Å². The highest BCUT2D eigenvalue weighted by Gasteiger charge is 2.23. The molecule has 2 nitrogen and oxygen atoms in total. The summed E-state index contributed by atoms with van der Waals surface area (Å²) in [6.07, 6.45) is 1.32. The zero-order valence-electron chi connectivity index (χ0n) is 24.9. The van der Waals surface area contributed by atoms with Crippen molar-refractivity contribution in [1.29, 1.82) is 0 Å². The van der Waals surface area contributed by atoms with Crippen LogP contribution in [0, 0.1) is 20.6 Å². The summed E-state index contributed by atoms with van der Waals surface area (Å²) in [4.78, 5) is 0. The van der Waals surface area contributed by atoms with Crippen molar-refractivity contribution in [2.75, 3.05) is 0 Å². The maximum atomic E-state index is 8.67. The van der Waals surface area contributed by atoms with Crippen LogP contribution in [0.1, 0.15) is 55.6 Å². The lowest BCUT2D eigenvalue weighted by Crippen LogP contribution is -2.32. The average Bonchev–Trinajstić information content (AvgIpc) is 3.10. The molecule has 26 heavy (non-hydrogen) atoms. The van der Waals surface area contributed by atoms with E-state index in [-0.39, 0.29) is 16.7 Å². The Morgan fingerprint density at radius 1 is 1.12 bits per heavy atom. The molecule has 0 radical (unpaired) electrons. The molecule has 0 fully saturated rings. The number of para-hydroxylation sites is 1. The van der Waals surface area contributed by atoms with Crippen molar-refractivity contribution >= 4 is 21.9 Å². The molecule has 2 heteroatoms. The van der Waals surface area contributed by atoms with Crippen molar-refractivity contribution in [3.05, 3.63) is 64.8 Å². The van der Waals surface area contributed by atoms with Crippen LogP contribution >= 0.6 is 0 Å². The number of hydrogen-bond donors (Lipinski definition) is 0. The number of fused-ring (bicyclic) bond motifs is 3. The van der Waals surface area contributed by atoms with E-state index in [0.29, 0.717) is 38.8 Å². The third kappa shape index (κ3) is 2.44. The number of hydrogen-bond acceptors (Lipinski definition) is 1. The molecule has 1 atom stereocenters. The molecular weight excluding hydrogens is 318 g/mol. The van der Waals surface area contributed by atoms with Crippen molar-refractivity contribution in [1.82, 2.24) is 0 Å². The van der Waals surface area contributed by atoms with Gasteiger partial charge in [-0.25, -0.2) is 4.57 Å². The Hall–Kier alpha value is -2.61. The van der Waals surface area contributed by atoms with Crippen LogP contribution in [0.4, 0.5) is 0 Å². The number of pyridine rings is 1. The van der Waals surface area contributed by atoms with Crippen molar-refractivity contribution in [2.45, 2.75) is 40.3 Å². The molecule has 0 saturated carbocycles. The summed E-state index contributed by atoms with van der Waals surface area (Å²) in [6.45, 7) is -4.99. The van der Waals surface area contributed by atoms with E-state index in [2.05, 4.69) is 0 Å². The number of aryl methyl sites for hydroxylation is 4. The minimum absolute atomic E-state index is 0.124. The molecule has 0 amide bonds. The van der Waals surface area contributed by atoms with Gasteiger partial charge in [0.1, 0.15) is 18.2 Å². The first kappa shape index (κ1) is 8.85. The molecule has 0 aliphatic rings. The Morgan fingerprint density at radius 3 is 2.69 bits per heavy atom. The minimum Gasteiger partial charge on any atom is -0.455 e. The molecule has 0 saturated heterocycles. The van der Waals surface area contributed by atoms with Crippen LogP contribution in [0.2, 0.25) is 0 Å². The number of benzene rings is 2. The van der Waals surface area contributed by atoms with Crippen molar-refractivity contribution < 1.29 is 22.7 Å². The number of furan rings is 1. The molecule has 0 aliphatic carbocycles. The summed E-state index contributed by atoms with van der Waals surface area (Å²) in [5.74, 6) is -2.22. The molecule has 2 aromatic carbocycles. The quantitative estimate of drug-likeness (QED) is 0.396. The highest BCUT2D eigenvalue weighted by atomic mass is 16.3. The predicted molar refractivity (Wildman–Crippen MR) is 109 cm³/mol. The smallest absolute Gasteiger partial charge is 0.216 e. The summed E-state index contributed by atoms with van der Waals surface area (Å²) in [5.41, 5.74) is 1.97. The second-order valence-electron chi connectivity index (χ2n) is 6.64. The first-order valence-electron chi connectivity index (χ1n) is 13.4. The van der Waals surface area contributed by atoms with E-state index in [9.17, 15) is 0 Å². The fourth-order valence-corrected chi connectivity index (χ4v) is 3.55. The third-order valence-electron chi connectivity index (χ3n) is 4.78. The number of rotatable bonds is 2. The van der Waals surface area contributed by atoms with Gasteiger partial charge in [0.15, 0.2) is 6.20 Å². The highest BCUT2D eigenvalue weighted by molar-refractivity contribution is 6.11. The summed E-state index contributed by atoms with van der Waals surface area (Å²) in [5, 5.41) is 1.03. The molecule has 0 bridgehead atoms. The van der Waals surface area contributed by atoms with Crippen molar-refractivity contribution in [3.63, 3.8) is 0 Å². The minimum atomic E-state index is -2.81. The van der Waals surface area contributed by atoms with Crippen LogP contribution in [0.25, 0.3) is 33.2 Å². The molecule has 0 spiro atoms.